The molecule has 0 aliphatic carbocycles. The van der Waals surface area contributed by atoms with Gasteiger partial charge in [0.05, 0.1) is 6.61 Å². The first kappa shape index (κ1) is 16.2. The second-order valence-electron chi connectivity index (χ2n) is 3.71. The van der Waals surface area contributed by atoms with E-state index in [-0.39, 0.29) is 13.2 Å². The molecule has 0 heterocycles. The molecule has 0 fully saturated rings. The van der Waals surface area contributed by atoms with Gasteiger partial charge >= 0.3 is 12.0 Å². The van der Waals surface area contributed by atoms with E-state index in [2.05, 4.69) is 0 Å². The maximum absolute atomic E-state index is 12.0. The summed E-state index contributed by atoms with van der Waals surface area (Å²) in [6.07, 6.45) is 0.656. The van der Waals surface area contributed by atoms with E-state index in [0.29, 0.717) is 13.0 Å². The molecule has 0 unspecified atom stereocenters. The molecule has 0 aromatic heterocycles. The number of hydrogen-bond acceptors (Lipinski definition) is 4. The van der Waals surface area contributed by atoms with Crippen LogP contribution < -0.4 is 5.73 Å². The quantitative estimate of drug-likeness (QED) is 0.500. The van der Waals surface area contributed by atoms with Crippen molar-refractivity contribution in [2.75, 3.05) is 32.8 Å². The Hall–Kier alpha value is -1.83. The minimum Gasteiger partial charge on any atom is -0.480 e. The fourth-order valence-corrected chi connectivity index (χ4v) is 1.44. The molecule has 0 aromatic rings. The van der Waals surface area contributed by atoms with Crippen molar-refractivity contribution in [3.05, 3.63) is 0 Å². The average Bonchev–Trinajstić information content (AvgIpc) is 2.25. The van der Waals surface area contributed by atoms with E-state index < -0.39 is 31.0 Å². The molecule has 3 amide bonds. The molecule has 0 atom stereocenters. The van der Waals surface area contributed by atoms with Gasteiger partial charge in [-0.25, -0.2) is 4.79 Å². The number of carbonyl (C=O) groups is 3. The number of primary amides is 1. The Morgan fingerprint density at radius 2 is 1.72 bits per heavy atom. The molecule has 0 saturated heterocycles. The Labute approximate surface area is 105 Å². The third-order valence-corrected chi connectivity index (χ3v) is 2.08. The van der Waals surface area contributed by atoms with Gasteiger partial charge in [-0.1, -0.05) is 6.92 Å². The van der Waals surface area contributed by atoms with Crippen molar-refractivity contribution in [1.82, 2.24) is 9.80 Å². The molecule has 18 heavy (non-hydrogen) atoms. The molecule has 0 bridgehead atoms. The number of aliphatic carboxylic acids is 1. The van der Waals surface area contributed by atoms with Gasteiger partial charge in [-0.15, -0.1) is 0 Å². The van der Waals surface area contributed by atoms with Crippen LogP contribution in [0, 0.1) is 0 Å². The summed E-state index contributed by atoms with van der Waals surface area (Å²) in [6, 6.07) is -0.618. The number of amides is 3. The van der Waals surface area contributed by atoms with Crippen LogP contribution in [0.3, 0.4) is 0 Å². The van der Waals surface area contributed by atoms with Crippen molar-refractivity contribution in [2.24, 2.45) is 5.73 Å². The van der Waals surface area contributed by atoms with Gasteiger partial charge in [-0.05, 0) is 6.42 Å². The lowest BCUT2D eigenvalue weighted by Gasteiger charge is -2.28. The van der Waals surface area contributed by atoms with Gasteiger partial charge in [0.2, 0.25) is 5.91 Å². The standard InChI is InChI=1S/C10H19N3O5/c1-2-3-12(4-5-14)10(18)13(6-8(11)15)7-9(16)17/h14H,2-7H2,1H3,(H2,11,15)(H,16,17). The van der Waals surface area contributed by atoms with E-state index in [9.17, 15) is 14.4 Å². The van der Waals surface area contributed by atoms with Crippen molar-refractivity contribution in [2.45, 2.75) is 13.3 Å². The highest BCUT2D eigenvalue weighted by Crippen LogP contribution is 2.00. The molecule has 0 aromatic carbocycles. The number of carboxylic acids is 1. The van der Waals surface area contributed by atoms with E-state index in [1.807, 2.05) is 6.92 Å². The molecule has 0 saturated carbocycles. The van der Waals surface area contributed by atoms with Crippen LogP contribution in [0.1, 0.15) is 13.3 Å². The van der Waals surface area contributed by atoms with Crippen LogP contribution in [-0.2, 0) is 9.59 Å². The van der Waals surface area contributed by atoms with Gasteiger partial charge in [-0.3, -0.25) is 9.59 Å². The maximum Gasteiger partial charge on any atom is 0.323 e. The molecule has 8 nitrogen and oxygen atoms in total. The third kappa shape index (κ3) is 6.04. The van der Waals surface area contributed by atoms with Gasteiger partial charge in [0.25, 0.3) is 0 Å². The maximum atomic E-state index is 12.0. The SMILES string of the molecule is CCCN(CCO)C(=O)N(CC(N)=O)CC(=O)O. The second-order valence-corrected chi connectivity index (χ2v) is 3.71. The summed E-state index contributed by atoms with van der Waals surface area (Å²) in [5.41, 5.74) is 4.96. The van der Waals surface area contributed by atoms with Crippen molar-refractivity contribution >= 4 is 17.9 Å². The molecular weight excluding hydrogens is 242 g/mol. The predicted molar refractivity (Wildman–Crippen MR) is 62.7 cm³/mol. The fourth-order valence-electron chi connectivity index (χ4n) is 1.44. The zero-order valence-corrected chi connectivity index (χ0v) is 10.3. The first-order valence-electron chi connectivity index (χ1n) is 5.57. The number of rotatable bonds is 8. The molecule has 0 rings (SSSR count). The van der Waals surface area contributed by atoms with Crippen LogP contribution in [0.25, 0.3) is 0 Å². The molecule has 104 valence electrons. The number of nitrogens with zero attached hydrogens (tertiary/aromatic N) is 2. The van der Waals surface area contributed by atoms with Crippen molar-refractivity contribution in [3.63, 3.8) is 0 Å². The number of carbonyl (C=O) groups excluding carboxylic acids is 2. The second kappa shape index (κ2) is 8.29. The Balaban J connectivity index is 4.76. The normalized spacial score (nSPS) is 9.89. The molecule has 0 aliphatic rings. The Bertz CT molecular complexity index is 286. The van der Waals surface area contributed by atoms with Gasteiger partial charge in [0.1, 0.15) is 13.1 Å². The highest BCUT2D eigenvalue weighted by atomic mass is 16.4. The molecular formula is C10H19N3O5. The summed E-state index contributed by atoms with van der Waals surface area (Å²) >= 11 is 0. The van der Waals surface area contributed by atoms with Gasteiger partial charge in [0.15, 0.2) is 0 Å². The number of urea groups is 1. The van der Waals surface area contributed by atoms with Crippen molar-refractivity contribution in [3.8, 4) is 0 Å². The zero-order valence-electron chi connectivity index (χ0n) is 10.3. The monoisotopic (exact) mass is 261 g/mol. The largest absolute Gasteiger partial charge is 0.480 e. The minimum atomic E-state index is -1.23. The Morgan fingerprint density at radius 1 is 1.11 bits per heavy atom. The lowest BCUT2D eigenvalue weighted by molar-refractivity contribution is -0.138. The van der Waals surface area contributed by atoms with Gasteiger partial charge in [-0.2, -0.15) is 0 Å². The van der Waals surface area contributed by atoms with Crippen LogP contribution in [0.5, 0.6) is 0 Å². The lowest BCUT2D eigenvalue weighted by atomic mass is 10.4. The third-order valence-electron chi connectivity index (χ3n) is 2.08. The number of nitrogens with two attached hydrogens (primary N) is 1. The number of hydrogen-bond donors (Lipinski definition) is 3. The molecule has 4 N–H and O–H groups in total. The predicted octanol–water partition coefficient (Wildman–Crippen LogP) is -1.32. The van der Waals surface area contributed by atoms with Crippen LogP contribution in [0.15, 0.2) is 0 Å². The summed E-state index contributed by atoms with van der Waals surface area (Å²) in [6.45, 7) is 0.997. The number of aliphatic hydroxyl groups is 1. The average molecular weight is 261 g/mol. The number of aliphatic hydroxyl groups excluding tert-OH is 1. The van der Waals surface area contributed by atoms with E-state index in [4.69, 9.17) is 15.9 Å². The summed E-state index contributed by atoms with van der Waals surface area (Å²) in [5.74, 6) is -2.02. The molecule has 0 aliphatic heterocycles. The Kier molecular flexibility index (Phi) is 7.45. The van der Waals surface area contributed by atoms with E-state index in [0.717, 1.165) is 4.90 Å². The zero-order chi connectivity index (χ0) is 14.1. The van der Waals surface area contributed by atoms with Crippen LogP contribution >= 0.6 is 0 Å². The van der Waals surface area contributed by atoms with E-state index >= 15 is 0 Å². The Morgan fingerprint density at radius 3 is 2.11 bits per heavy atom. The first-order valence-corrected chi connectivity index (χ1v) is 5.57. The highest BCUT2D eigenvalue weighted by molar-refractivity contribution is 5.85. The summed E-state index contributed by atoms with van der Waals surface area (Å²) in [5, 5.41) is 17.5. The van der Waals surface area contributed by atoms with Crippen LogP contribution in [0.2, 0.25) is 0 Å². The van der Waals surface area contributed by atoms with Crippen molar-refractivity contribution in [1.29, 1.82) is 0 Å². The fraction of sp³-hybridized carbons (Fsp3) is 0.700. The first-order chi connectivity index (χ1) is 8.42. The van der Waals surface area contributed by atoms with E-state index in [1.165, 1.54) is 4.90 Å². The topological polar surface area (TPSA) is 124 Å². The number of carboxylic acid groups (broad SMARTS) is 1. The van der Waals surface area contributed by atoms with Gasteiger partial charge < -0.3 is 25.7 Å². The summed E-state index contributed by atoms with van der Waals surface area (Å²) < 4.78 is 0. The highest BCUT2D eigenvalue weighted by Gasteiger charge is 2.23. The summed E-state index contributed by atoms with van der Waals surface area (Å²) in [7, 11) is 0. The lowest BCUT2D eigenvalue weighted by Crippen LogP contribution is -2.49. The molecule has 0 spiro atoms. The van der Waals surface area contributed by atoms with Crippen molar-refractivity contribution < 1.29 is 24.6 Å². The van der Waals surface area contributed by atoms with Gasteiger partial charge in [0, 0.05) is 13.1 Å². The summed E-state index contributed by atoms with van der Waals surface area (Å²) in [4.78, 5) is 35.5. The minimum absolute atomic E-state index is 0.0849. The molecule has 0 radical (unpaired) electrons. The van der Waals surface area contributed by atoms with E-state index in [1.54, 1.807) is 0 Å². The molecule has 8 heteroatoms. The van der Waals surface area contributed by atoms with Crippen LogP contribution in [-0.4, -0.2) is 70.7 Å². The smallest absolute Gasteiger partial charge is 0.323 e. The van der Waals surface area contributed by atoms with Crippen LogP contribution in [0.4, 0.5) is 4.79 Å².